The summed E-state index contributed by atoms with van der Waals surface area (Å²) in [7, 11) is 0. The van der Waals surface area contributed by atoms with Gasteiger partial charge < -0.3 is 15.7 Å². The van der Waals surface area contributed by atoms with Gasteiger partial charge in [0.1, 0.15) is 6.04 Å². The van der Waals surface area contributed by atoms with Gasteiger partial charge in [-0.3, -0.25) is 29.9 Å². The van der Waals surface area contributed by atoms with Crippen LogP contribution in [0.1, 0.15) is 36.2 Å². The second-order valence-corrected chi connectivity index (χ2v) is 8.74. The van der Waals surface area contributed by atoms with Gasteiger partial charge in [-0.25, -0.2) is 5.48 Å². The van der Waals surface area contributed by atoms with E-state index < -0.39 is 35.8 Å². The van der Waals surface area contributed by atoms with Crippen LogP contribution in [0.2, 0.25) is 0 Å². The molecule has 1 heterocycles. The number of aliphatic hydroxyl groups is 1. The minimum atomic E-state index is -1.11. The van der Waals surface area contributed by atoms with Gasteiger partial charge in [0.25, 0.3) is 11.8 Å². The summed E-state index contributed by atoms with van der Waals surface area (Å²) in [5.74, 6) is -2.82. The number of aliphatic imine (C=N–C) groups is 1. The minimum absolute atomic E-state index is 0.192. The Kier molecular flexibility index (Phi) is 9.69. The van der Waals surface area contributed by atoms with Crippen LogP contribution in [-0.4, -0.2) is 65.7 Å². The van der Waals surface area contributed by atoms with Crippen LogP contribution in [0, 0.1) is 5.92 Å². The Bertz CT molecular complexity index is 1080. The number of nitrogens with one attached hydrogen (secondary N) is 4. The molecule has 3 atom stereocenters. The van der Waals surface area contributed by atoms with Gasteiger partial charge in [-0.2, -0.15) is 0 Å². The molecule has 10 heteroatoms. The number of carbonyl (C=O) groups excluding carboxylic acids is 3. The standard InChI is InChI=1S/C26H33N5O5/c1-3-17-4-6-18(7-5-17)19-8-10-20(11-9-19)24(33)30-23(12-21-13-27-15-29-21)26(35)28-14-22(16(2)32)25(34)31-36/h4-11,16,22-23,27,32,36H,3,12-15H2,1-2H3,(H,28,35)(H,30,33)(H,31,34)/t16-,22+,23+/m1/s1. The van der Waals surface area contributed by atoms with Crippen molar-refractivity contribution in [3.05, 3.63) is 59.7 Å². The van der Waals surface area contributed by atoms with E-state index >= 15 is 0 Å². The molecule has 1 aliphatic heterocycles. The molecule has 0 saturated heterocycles. The lowest BCUT2D eigenvalue weighted by Crippen LogP contribution is -2.51. The monoisotopic (exact) mass is 495 g/mol. The van der Waals surface area contributed by atoms with Crippen molar-refractivity contribution in [2.45, 2.75) is 38.8 Å². The van der Waals surface area contributed by atoms with Crippen LogP contribution in [-0.2, 0) is 16.0 Å². The minimum Gasteiger partial charge on any atom is -0.393 e. The van der Waals surface area contributed by atoms with Crippen LogP contribution in [0.15, 0.2) is 53.5 Å². The van der Waals surface area contributed by atoms with Crippen LogP contribution in [0.5, 0.6) is 0 Å². The molecule has 36 heavy (non-hydrogen) atoms. The molecule has 6 N–H and O–H groups in total. The fourth-order valence-corrected chi connectivity index (χ4v) is 3.89. The normalized spacial score (nSPS) is 15.4. The van der Waals surface area contributed by atoms with E-state index in [1.165, 1.54) is 18.0 Å². The molecule has 0 aromatic heterocycles. The van der Waals surface area contributed by atoms with Crippen molar-refractivity contribution in [2.75, 3.05) is 19.8 Å². The second kappa shape index (κ2) is 12.9. The molecule has 3 amide bonds. The molecule has 2 aromatic carbocycles. The molecular formula is C26H33N5O5. The van der Waals surface area contributed by atoms with Gasteiger partial charge in [-0.15, -0.1) is 0 Å². The van der Waals surface area contributed by atoms with Crippen LogP contribution in [0.3, 0.4) is 0 Å². The molecule has 0 unspecified atom stereocenters. The van der Waals surface area contributed by atoms with E-state index in [9.17, 15) is 19.5 Å². The van der Waals surface area contributed by atoms with E-state index in [4.69, 9.17) is 5.21 Å². The number of aryl methyl sites for hydroxylation is 1. The Hall–Kier alpha value is -3.60. The number of rotatable bonds is 11. The summed E-state index contributed by atoms with van der Waals surface area (Å²) < 4.78 is 0. The maximum absolute atomic E-state index is 13.0. The third kappa shape index (κ3) is 7.20. The fraction of sp³-hybridized carbons (Fsp3) is 0.385. The molecule has 0 spiro atoms. The Morgan fingerprint density at radius 1 is 1.03 bits per heavy atom. The quantitative estimate of drug-likeness (QED) is 0.202. The average molecular weight is 496 g/mol. The lowest BCUT2D eigenvalue weighted by molar-refractivity contribution is -0.136. The van der Waals surface area contributed by atoms with Crippen LogP contribution < -0.4 is 21.4 Å². The first kappa shape index (κ1) is 27.0. The van der Waals surface area contributed by atoms with Gasteiger partial charge in [0.2, 0.25) is 5.91 Å². The van der Waals surface area contributed by atoms with Crippen molar-refractivity contribution < 1.29 is 24.7 Å². The highest BCUT2D eigenvalue weighted by molar-refractivity contribution is 6.00. The number of amides is 3. The third-order valence-corrected chi connectivity index (χ3v) is 6.17. The van der Waals surface area contributed by atoms with Gasteiger partial charge in [-0.1, -0.05) is 43.3 Å². The van der Waals surface area contributed by atoms with Gasteiger partial charge in [0, 0.05) is 30.8 Å². The molecule has 0 radical (unpaired) electrons. The fourth-order valence-electron chi connectivity index (χ4n) is 3.89. The number of nitrogens with zero attached hydrogens (tertiary/aromatic N) is 1. The zero-order valence-corrected chi connectivity index (χ0v) is 20.5. The first-order valence-electron chi connectivity index (χ1n) is 11.9. The van der Waals surface area contributed by atoms with Gasteiger partial charge in [-0.05, 0) is 42.2 Å². The first-order chi connectivity index (χ1) is 17.3. The van der Waals surface area contributed by atoms with E-state index in [1.807, 2.05) is 24.3 Å². The van der Waals surface area contributed by atoms with E-state index in [2.05, 4.69) is 40.0 Å². The highest BCUT2D eigenvalue weighted by atomic mass is 16.5. The smallest absolute Gasteiger partial charge is 0.251 e. The topological polar surface area (TPSA) is 152 Å². The van der Waals surface area contributed by atoms with Crippen LogP contribution >= 0.6 is 0 Å². The predicted molar refractivity (Wildman–Crippen MR) is 136 cm³/mol. The summed E-state index contributed by atoms with van der Waals surface area (Å²) in [5, 5.41) is 27.1. The van der Waals surface area contributed by atoms with Crippen LogP contribution in [0.25, 0.3) is 11.1 Å². The molecular weight excluding hydrogens is 462 g/mol. The Morgan fingerprint density at radius 2 is 1.67 bits per heavy atom. The van der Waals surface area contributed by atoms with E-state index in [0.29, 0.717) is 18.8 Å². The van der Waals surface area contributed by atoms with Gasteiger partial charge in [0.15, 0.2) is 0 Å². The second-order valence-electron chi connectivity index (χ2n) is 8.74. The third-order valence-electron chi connectivity index (χ3n) is 6.17. The highest BCUT2D eigenvalue weighted by Gasteiger charge is 2.28. The summed E-state index contributed by atoms with van der Waals surface area (Å²) >= 11 is 0. The number of carbonyl (C=O) groups is 3. The zero-order valence-electron chi connectivity index (χ0n) is 20.5. The van der Waals surface area contributed by atoms with Crippen molar-refractivity contribution in [1.82, 2.24) is 21.4 Å². The predicted octanol–water partition coefficient (Wildman–Crippen LogP) is 1.02. The maximum Gasteiger partial charge on any atom is 0.251 e. The Morgan fingerprint density at radius 3 is 2.19 bits per heavy atom. The molecule has 10 nitrogen and oxygen atoms in total. The summed E-state index contributed by atoms with van der Waals surface area (Å²) in [5.41, 5.74) is 5.89. The van der Waals surface area contributed by atoms with E-state index in [-0.39, 0.29) is 13.0 Å². The van der Waals surface area contributed by atoms with Crippen molar-refractivity contribution in [3.8, 4) is 11.1 Å². The molecule has 2 aromatic rings. The zero-order chi connectivity index (χ0) is 26.1. The maximum atomic E-state index is 13.0. The number of aliphatic hydroxyl groups excluding tert-OH is 1. The lowest BCUT2D eigenvalue weighted by Gasteiger charge is -2.22. The Labute approximate surface area is 210 Å². The largest absolute Gasteiger partial charge is 0.393 e. The number of hydrogen-bond acceptors (Lipinski definition) is 7. The molecule has 3 rings (SSSR count). The molecule has 192 valence electrons. The molecule has 0 saturated carbocycles. The first-order valence-corrected chi connectivity index (χ1v) is 11.9. The summed E-state index contributed by atoms with van der Waals surface area (Å²) in [6.07, 6.45) is 0.0497. The molecule has 1 aliphatic rings. The van der Waals surface area contributed by atoms with E-state index in [0.717, 1.165) is 23.3 Å². The van der Waals surface area contributed by atoms with Gasteiger partial charge in [0.05, 0.1) is 18.7 Å². The molecule has 0 fully saturated rings. The number of benzene rings is 2. The Balaban J connectivity index is 1.69. The SMILES string of the molecule is CCc1ccc(-c2ccc(C(=O)N[C@@H](CC3=NCNC3)C(=O)NC[C@H](C(=O)NO)[C@@H](C)O)cc2)cc1. The van der Waals surface area contributed by atoms with Crippen molar-refractivity contribution in [2.24, 2.45) is 10.9 Å². The van der Waals surface area contributed by atoms with Crippen molar-refractivity contribution >= 4 is 23.4 Å². The van der Waals surface area contributed by atoms with Gasteiger partial charge >= 0.3 is 0 Å². The van der Waals surface area contributed by atoms with Crippen molar-refractivity contribution in [3.63, 3.8) is 0 Å². The summed E-state index contributed by atoms with van der Waals surface area (Å²) in [4.78, 5) is 42.0. The average Bonchev–Trinajstić information content (AvgIpc) is 3.41. The van der Waals surface area contributed by atoms with E-state index in [1.54, 1.807) is 12.1 Å². The molecule has 0 bridgehead atoms. The number of hydrogen-bond donors (Lipinski definition) is 6. The summed E-state index contributed by atoms with van der Waals surface area (Å²) in [6, 6.07) is 14.4. The summed E-state index contributed by atoms with van der Waals surface area (Å²) in [6.45, 7) is 4.22. The van der Waals surface area contributed by atoms with Crippen LogP contribution in [0.4, 0.5) is 0 Å². The highest BCUT2D eigenvalue weighted by Crippen LogP contribution is 2.21. The lowest BCUT2D eigenvalue weighted by atomic mass is 10.0. The number of hydroxylamine groups is 1. The van der Waals surface area contributed by atoms with Crippen molar-refractivity contribution in [1.29, 1.82) is 0 Å². The molecule has 0 aliphatic carbocycles.